The normalized spacial score (nSPS) is 24.6. The number of benzene rings is 1. The number of likely N-dealkylation sites (tertiary alicyclic amines) is 1. The maximum absolute atomic E-state index is 14.8. The molecule has 1 saturated heterocycles. The molecule has 1 aromatic heterocycles. The highest BCUT2D eigenvalue weighted by Crippen LogP contribution is 2.72. The maximum Gasteiger partial charge on any atom is 0.408 e. The highest BCUT2D eigenvalue weighted by molar-refractivity contribution is 7.83. The molecule has 7 atom stereocenters. The summed E-state index contributed by atoms with van der Waals surface area (Å²) in [5.74, 6) is -0.497. The van der Waals surface area contributed by atoms with Gasteiger partial charge < -0.3 is 40.0 Å². The molecule has 14 nitrogen and oxygen atoms in total. The van der Waals surface area contributed by atoms with Gasteiger partial charge >= 0.3 is 6.09 Å². The predicted molar refractivity (Wildman–Crippen MR) is 230 cm³/mol. The number of hydrogen-bond acceptors (Lipinski definition) is 10. The number of methoxy groups -OCH3 is 1. The smallest absolute Gasteiger partial charge is 0.408 e. The first-order valence-electron chi connectivity index (χ1n) is 20.2. The van der Waals surface area contributed by atoms with Gasteiger partial charge in [-0.25, -0.2) is 14.8 Å². The van der Waals surface area contributed by atoms with E-state index in [0.717, 1.165) is 25.7 Å². The summed E-state index contributed by atoms with van der Waals surface area (Å²) in [6.07, 6.45) is 5.74. The fraction of sp³-hybridized carbons (Fsp3) is 0.595. The van der Waals surface area contributed by atoms with E-state index in [4.69, 9.17) is 19.2 Å². The monoisotopic (exact) mass is 840 g/mol. The number of pyridine rings is 1. The summed E-state index contributed by atoms with van der Waals surface area (Å²) in [4.78, 5) is 64.9. The van der Waals surface area contributed by atoms with E-state index < -0.39 is 65.7 Å². The number of fused-ring (bicyclic) bond motifs is 1. The van der Waals surface area contributed by atoms with Gasteiger partial charge in [-0.3, -0.25) is 14.2 Å². The first-order chi connectivity index (χ1) is 27.4. The molecular formula is C42H61N6O8PS. The molecule has 3 amide bonds. The molecule has 5 rings (SSSR count). The number of nitrogens with zero attached hydrogens (tertiary/aromatic N) is 3. The minimum Gasteiger partial charge on any atom is -0.497 e. The summed E-state index contributed by atoms with van der Waals surface area (Å²) in [6.45, 7) is 16.9. The maximum atomic E-state index is 14.8. The Kier molecular flexibility index (Phi) is 14.3. The summed E-state index contributed by atoms with van der Waals surface area (Å²) < 4.78 is 32.0. The zero-order valence-corrected chi connectivity index (χ0v) is 36.8. The van der Waals surface area contributed by atoms with Gasteiger partial charge in [-0.1, -0.05) is 40.7 Å². The zero-order valence-electron chi connectivity index (χ0n) is 35.0. The Morgan fingerprint density at radius 1 is 1.17 bits per heavy atom. The third-order valence-electron chi connectivity index (χ3n) is 11.4. The van der Waals surface area contributed by atoms with Gasteiger partial charge in [0.25, 0.3) is 0 Å². The van der Waals surface area contributed by atoms with Crippen molar-refractivity contribution in [3.8, 4) is 11.5 Å². The van der Waals surface area contributed by atoms with Crippen molar-refractivity contribution in [2.75, 3.05) is 13.7 Å². The van der Waals surface area contributed by atoms with Crippen molar-refractivity contribution >= 4 is 60.8 Å². The summed E-state index contributed by atoms with van der Waals surface area (Å²) in [5, 5.41) is 9.70. The highest BCUT2D eigenvalue weighted by atomic mass is 32.1. The molecule has 1 aliphatic heterocycles. The number of hydrogen-bond donors (Lipinski definition) is 5. The lowest BCUT2D eigenvalue weighted by Crippen LogP contribution is -2.58. The highest BCUT2D eigenvalue weighted by Gasteiger charge is 2.67. The van der Waals surface area contributed by atoms with Crippen molar-refractivity contribution in [2.45, 2.75) is 135 Å². The van der Waals surface area contributed by atoms with Crippen molar-refractivity contribution in [2.24, 2.45) is 16.3 Å². The van der Waals surface area contributed by atoms with Crippen LogP contribution in [0, 0.1) is 11.3 Å². The van der Waals surface area contributed by atoms with Crippen molar-refractivity contribution in [1.82, 2.24) is 25.8 Å². The largest absolute Gasteiger partial charge is 0.497 e. The molecule has 318 valence electrons. The van der Waals surface area contributed by atoms with Crippen molar-refractivity contribution in [3.05, 3.63) is 48.0 Å². The molecule has 2 aliphatic carbocycles. The molecule has 0 spiro atoms. The Morgan fingerprint density at radius 3 is 2.47 bits per heavy atom. The third kappa shape index (κ3) is 9.85. The summed E-state index contributed by atoms with van der Waals surface area (Å²) in [6, 6.07) is 5.10. The molecule has 58 heavy (non-hydrogen) atoms. The van der Waals surface area contributed by atoms with E-state index in [0.29, 0.717) is 40.2 Å². The Balaban J connectivity index is 1.52. The fourth-order valence-corrected chi connectivity index (χ4v) is 10.5. The number of nitrogens with one attached hydrogen (secondary N) is 3. The van der Waals surface area contributed by atoms with Crippen LogP contribution in [0.5, 0.6) is 11.5 Å². The Hall–Kier alpha value is -4.07. The Bertz CT molecular complexity index is 1960. The van der Waals surface area contributed by atoms with Gasteiger partial charge in [0.15, 0.2) is 0 Å². The van der Waals surface area contributed by atoms with Crippen LogP contribution in [0.25, 0.3) is 16.6 Å². The van der Waals surface area contributed by atoms with E-state index in [1.807, 2.05) is 47.6 Å². The number of rotatable bonds is 16. The molecule has 4 N–H and O–H groups in total. The minimum absolute atomic E-state index is 0.0239. The van der Waals surface area contributed by atoms with Crippen LogP contribution in [0.2, 0.25) is 0 Å². The lowest BCUT2D eigenvalue weighted by atomic mass is 9.85. The van der Waals surface area contributed by atoms with E-state index in [2.05, 4.69) is 40.2 Å². The average molecular weight is 841 g/mol. The molecule has 3 fully saturated rings. The second-order valence-electron chi connectivity index (χ2n) is 17.1. The van der Waals surface area contributed by atoms with E-state index in [1.54, 1.807) is 44.6 Å². The lowest BCUT2D eigenvalue weighted by Gasteiger charge is -2.36. The van der Waals surface area contributed by atoms with E-state index in [-0.39, 0.29) is 31.5 Å². The molecule has 2 unspecified atom stereocenters. The number of thiol groups is 1. The zero-order chi connectivity index (χ0) is 42.6. The number of aromatic nitrogens is 1. The van der Waals surface area contributed by atoms with Crippen molar-refractivity contribution < 1.29 is 38.1 Å². The summed E-state index contributed by atoms with van der Waals surface area (Å²) >= 11 is 4.41. The van der Waals surface area contributed by atoms with Crippen LogP contribution in [-0.4, -0.2) is 94.0 Å². The van der Waals surface area contributed by atoms with Gasteiger partial charge in [0, 0.05) is 41.6 Å². The molecule has 1 aromatic carbocycles. The van der Waals surface area contributed by atoms with Crippen molar-refractivity contribution in [3.63, 3.8) is 0 Å². The number of ether oxygens (including phenoxy) is 3. The van der Waals surface area contributed by atoms with Crippen LogP contribution in [0.4, 0.5) is 4.79 Å². The quantitative estimate of drug-likeness (QED) is 0.0388. The molecule has 2 saturated carbocycles. The number of carbonyl (C=O) groups excluding carboxylic acids is 3. The van der Waals surface area contributed by atoms with Crippen molar-refractivity contribution in [1.29, 1.82) is 0 Å². The Labute approximate surface area is 347 Å². The molecule has 16 heteroatoms. The number of carbonyl (C=O) groups is 3. The third-order valence-corrected chi connectivity index (χ3v) is 15.0. The van der Waals surface area contributed by atoms with Gasteiger partial charge in [0.2, 0.25) is 19.2 Å². The molecule has 2 aromatic rings. The Morgan fingerprint density at radius 2 is 1.88 bits per heavy atom. The summed E-state index contributed by atoms with van der Waals surface area (Å²) in [7, 11) is -2.39. The first kappa shape index (κ1) is 45.0. The molecule has 3 aliphatic rings. The van der Waals surface area contributed by atoms with Gasteiger partial charge in [0.05, 0.1) is 36.9 Å². The van der Waals surface area contributed by atoms with Gasteiger partial charge in [-0.15, -0.1) is 19.2 Å². The number of amides is 3. The average Bonchev–Trinajstić information content (AvgIpc) is 3.43. The van der Waals surface area contributed by atoms with Crippen LogP contribution >= 0.6 is 20.0 Å². The fourth-order valence-electron chi connectivity index (χ4n) is 7.72. The van der Waals surface area contributed by atoms with Gasteiger partial charge in [0.1, 0.15) is 41.1 Å². The lowest BCUT2D eigenvalue weighted by molar-refractivity contribution is -0.142. The van der Waals surface area contributed by atoms with E-state index >= 15 is 0 Å². The predicted octanol–water partition coefficient (Wildman–Crippen LogP) is 7.02. The van der Waals surface area contributed by atoms with Gasteiger partial charge in [-0.05, 0) is 75.3 Å². The SMILES string of the molecule is C=C[C@@H]1C[C@]1(NC(=O)[C@@H]1C[C@@H](Oc2cc(C(=C/S)/N=C/NC(C)C)nc3cc(OC)ccc23)CN1C(=O)[C@@H](NC(=O)OC1CCCC1)C(C)(C)C)P(=O)(O)C(C)CC. The number of aliphatic imine (C=N–C) groups is 1. The minimum atomic E-state index is -3.96. The van der Waals surface area contributed by atoms with Crippen LogP contribution in [0.1, 0.15) is 99.1 Å². The standard InChI is InChI=1S/C42H61N6O8PS/c1-10-26(5)57(52,53)42(21-27(42)11-2)47-38(49)35-19-30(22-48(35)39(50)37(41(6,7)8)46-40(51)56-28-14-12-13-15-28)55-36-20-33(34(23-58)44-24-43-25(3)4)45-32-18-29(54-9)16-17-31(32)36/h11,16-18,20,23-28,30,35,37,58H,2,10,12-15,19,21-22H2,1,3-9H3,(H,43,44)(H,46,51)(H,47,49)(H,52,53)/b34-23-/t26?,27-,30-,35+,37-,42+/m1/s1. The second kappa shape index (κ2) is 18.5. The van der Waals surface area contributed by atoms with Crippen LogP contribution < -0.4 is 25.4 Å². The molecular weight excluding hydrogens is 780 g/mol. The summed E-state index contributed by atoms with van der Waals surface area (Å²) in [5.41, 5.74) is 0.103. The topological polar surface area (TPSA) is 181 Å². The second-order valence-corrected chi connectivity index (χ2v) is 20.2. The first-order valence-corrected chi connectivity index (χ1v) is 22.5. The van der Waals surface area contributed by atoms with E-state index in [1.165, 1.54) is 10.3 Å². The number of alkyl carbamates (subject to hydrolysis) is 1. The molecule has 0 bridgehead atoms. The van der Waals surface area contributed by atoms with Gasteiger partial charge in [-0.2, -0.15) is 0 Å². The van der Waals surface area contributed by atoms with E-state index in [9.17, 15) is 23.8 Å². The van der Waals surface area contributed by atoms with Crippen LogP contribution in [0.3, 0.4) is 0 Å². The van der Waals surface area contributed by atoms with Crippen LogP contribution in [-0.2, 0) is 18.9 Å². The van der Waals surface area contributed by atoms with Crippen LogP contribution in [0.15, 0.2) is 47.3 Å². The molecule has 0 radical (unpaired) electrons. The molecule has 2 heterocycles.